The van der Waals surface area contributed by atoms with E-state index in [2.05, 4.69) is 4.90 Å². The average Bonchev–Trinajstić information content (AvgIpc) is 2.89. The van der Waals surface area contributed by atoms with Gasteiger partial charge in [0.25, 0.3) is 5.69 Å². The maximum absolute atomic E-state index is 11.4. The number of hydrogen-bond donors (Lipinski definition) is 1. The van der Waals surface area contributed by atoms with Crippen molar-refractivity contribution in [1.82, 2.24) is 0 Å². The lowest BCUT2D eigenvalue weighted by Gasteiger charge is -2.19. The fourth-order valence-corrected chi connectivity index (χ4v) is 3.34. The zero-order valence-electron chi connectivity index (χ0n) is 12.2. The van der Waals surface area contributed by atoms with Gasteiger partial charge in [0.15, 0.2) is 0 Å². The lowest BCUT2D eigenvalue weighted by Crippen LogP contribution is -2.19. The number of hydrogen-bond acceptors (Lipinski definition) is 5. The summed E-state index contributed by atoms with van der Waals surface area (Å²) >= 11 is 0. The molecule has 0 saturated carbocycles. The van der Waals surface area contributed by atoms with Crippen molar-refractivity contribution in [2.75, 3.05) is 11.4 Å². The number of benzene rings is 2. The topological polar surface area (TPSA) is 107 Å². The van der Waals surface area contributed by atoms with E-state index in [0.717, 1.165) is 23.4 Å². The number of nitro groups is 1. The van der Waals surface area contributed by atoms with Crippen LogP contribution in [0.3, 0.4) is 0 Å². The van der Waals surface area contributed by atoms with Crippen LogP contribution in [0.2, 0.25) is 0 Å². The number of fused-ring (bicyclic) bond motifs is 1. The molecule has 0 saturated heterocycles. The molecule has 0 radical (unpaired) electrons. The van der Waals surface area contributed by atoms with E-state index in [4.69, 9.17) is 5.14 Å². The molecule has 0 atom stereocenters. The summed E-state index contributed by atoms with van der Waals surface area (Å²) in [6.07, 6.45) is 0.716. The van der Waals surface area contributed by atoms with E-state index in [1.165, 1.54) is 12.1 Å². The Morgan fingerprint density at radius 1 is 1.22 bits per heavy atom. The van der Waals surface area contributed by atoms with Gasteiger partial charge in [-0.3, -0.25) is 10.1 Å². The van der Waals surface area contributed by atoms with E-state index in [0.29, 0.717) is 13.0 Å². The van der Waals surface area contributed by atoms with Crippen molar-refractivity contribution < 1.29 is 13.3 Å². The second-order valence-corrected chi connectivity index (χ2v) is 7.00. The van der Waals surface area contributed by atoms with Crippen molar-refractivity contribution in [3.8, 4) is 0 Å². The maximum atomic E-state index is 11.4. The van der Waals surface area contributed by atoms with E-state index in [1.807, 2.05) is 6.07 Å². The normalized spacial score (nSPS) is 13.9. The lowest BCUT2D eigenvalue weighted by atomic mass is 10.1. The molecule has 0 aromatic heterocycles. The molecular weight excluding hydrogens is 318 g/mol. The van der Waals surface area contributed by atoms with Gasteiger partial charge in [-0.15, -0.1) is 0 Å². The largest absolute Gasteiger partial charge is 0.367 e. The summed E-state index contributed by atoms with van der Waals surface area (Å²) in [5, 5.41) is 16.0. The Morgan fingerprint density at radius 3 is 2.70 bits per heavy atom. The molecule has 0 unspecified atom stereocenters. The summed E-state index contributed by atoms with van der Waals surface area (Å²) in [6, 6.07) is 11.3. The van der Waals surface area contributed by atoms with Gasteiger partial charge in [-0.2, -0.15) is 0 Å². The molecule has 0 amide bonds. The fourth-order valence-electron chi connectivity index (χ4n) is 2.78. The van der Waals surface area contributed by atoms with Crippen LogP contribution >= 0.6 is 0 Å². The van der Waals surface area contributed by atoms with Crippen LogP contribution in [0, 0.1) is 10.1 Å². The van der Waals surface area contributed by atoms with E-state index in [-0.39, 0.29) is 10.6 Å². The molecular formula is C15H15N3O4S. The first-order chi connectivity index (χ1) is 10.8. The van der Waals surface area contributed by atoms with Gasteiger partial charge in [-0.05, 0) is 35.7 Å². The van der Waals surface area contributed by atoms with Gasteiger partial charge in [0.1, 0.15) is 0 Å². The van der Waals surface area contributed by atoms with Crippen molar-refractivity contribution in [1.29, 1.82) is 0 Å². The van der Waals surface area contributed by atoms with Crippen LogP contribution in [0.5, 0.6) is 0 Å². The average molecular weight is 333 g/mol. The van der Waals surface area contributed by atoms with Crippen LogP contribution in [0.1, 0.15) is 11.1 Å². The van der Waals surface area contributed by atoms with Crippen molar-refractivity contribution in [2.24, 2.45) is 5.14 Å². The molecule has 2 N–H and O–H groups in total. The number of nitrogens with zero attached hydrogens (tertiary/aromatic N) is 2. The Morgan fingerprint density at radius 2 is 2.00 bits per heavy atom. The SMILES string of the molecule is NS(=O)(=O)c1ccc2c(c1)CCN2Cc1cccc([N+](=O)[O-])c1. The van der Waals surface area contributed by atoms with E-state index in [9.17, 15) is 18.5 Å². The lowest BCUT2D eigenvalue weighted by molar-refractivity contribution is -0.384. The summed E-state index contributed by atoms with van der Waals surface area (Å²) in [5.41, 5.74) is 2.75. The third-order valence-corrected chi connectivity index (χ3v) is 4.78. The Labute approximate surface area is 133 Å². The summed E-state index contributed by atoms with van der Waals surface area (Å²) < 4.78 is 22.8. The van der Waals surface area contributed by atoms with Crippen LogP contribution in [-0.4, -0.2) is 19.9 Å². The number of sulfonamides is 1. The number of nitrogens with two attached hydrogens (primary N) is 1. The van der Waals surface area contributed by atoms with Crippen LogP contribution < -0.4 is 10.0 Å². The minimum Gasteiger partial charge on any atom is -0.367 e. The number of non-ortho nitro benzene ring substituents is 1. The van der Waals surface area contributed by atoms with Gasteiger partial charge in [0, 0.05) is 30.9 Å². The van der Waals surface area contributed by atoms with Crippen molar-refractivity contribution in [3.63, 3.8) is 0 Å². The molecule has 23 heavy (non-hydrogen) atoms. The van der Waals surface area contributed by atoms with Gasteiger partial charge >= 0.3 is 0 Å². The first-order valence-electron chi connectivity index (χ1n) is 6.98. The molecule has 0 aliphatic carbocycles. The predicted molar refractivity (Wildman–Crippen MR) is 85.7 cm³/mol. The van der Waals surface area contributed by atoms with Gasteiger partial charge in [-0.1, -0.05) is 12.1 Å². The second-order valence-electron chi connectivity index (χ2n) is 5.43. The summed E-state index contributed by atoms with van der Waals surface area (Å²) in [7, 11) is -3.71. The highest BCUT2D eigenvalue weighted by Gasteiger charge is 2.22. The highest BCUT2D eigenvalue weighted by molar-refractivity contribution is 7.89. The van der Waals surface area contributed by atoms with Crippen LogP contribution in [0.15, 0.2) is 47.4 Å². The molecule has 0 bridgehead atoms. The summed E-state index contributed by atoms with van der Waals surface area (Å²) in [5.74, 6) is 0. The smallest absolute Gasteiger partial charge is 0.269 e. The van der Waals surface area contributed by atoms with Crippen LogP contribution in [0.4, 0.5) is 11.4 Å². The molecule has 2 aromatic rings. The minimum atomic E-state index is -3.71. The van der Waals surface area contributed by atoms with Crippen molar-refractivity contribution in [2.45, 2.75) is 17.9 Å². The number of rotatable bonds is 4. The molecule has 120 valence electrons. The Balaban J connectivity index is 1.86. The molecule has 1 heterocycles. The second kappa shape index (κ2) is 5.64. The standard InChI is InChI=1S/C15H15N3O4S/c16-23(21,22)14-4-5-15-12(9-14)6-7-17(15)10-11-2-1-3-13(8-11)18(19)20/h1-5,8-9H,6-7,10H2,(H2,16,21,22). The third-order valence-electron chi connectivity index (χ3n) is 3.87. The first-order valence-corrected chi connectivity index (χ1v) is 8.53. The molecule has 1 aliphatic rings. The van der Waals surface area contributed by atoms with E-state index < -0.39 is 14.9 Å². The maximum Gasteiger partial charge on any atom is 0.269 e. The van der Waals surface area contributed by atoms with Gasteiger partial charge in [-0.25, -0.2) is 13.6 Å². The monoisotopic (exact) mass is 333 g/mol. The molecule has 2 aromatic carbocycles. The number of primary sulfonamides is 1. The summed E-state index contributed by atoms with van der Waals surface area (Å²) in [4.78, 5) is 12.6. The molecule has 0 fully saturated rings. The Kier molecular flexibility index (Phi) is 3.78. The molecule has 1 aliphatic heterocycles. The Bertz CT molecular complexity index is 880. The highest BCUT2D eigenvalue weighted by atomic mass is 32.2. The zero-order chi connectivity index (χ0) is 16.6. The number of anilines is 1. The van der Waals surface area contributed by atoms with E-state index in [1.54, 1.807) is 24.3 Å². The number of nitro benzene ring substituents is 1. The van der Waals surface area contributed by atoms with Gasteiger partial charge < -0.3 is 4.90 Å². The van der Waals surface area contributed by atoms with Crippen molar-refractivity contribution >= 4 is 21.4 Å². The molecule has 3 rings (SSSR count). The first kappa shape index (κ1) is 15.4. The molecule has 7 nitrogen and oxygen atoms in total. The minimum absolute atomic E-state index is 0.0616. The van der Waals surface area contributed by atoms with Crippen molar-refractivity contribution in [3.05, 3.63) is 63.7 Å². The van der Waals surface area contributed by atoms with E-state index >= 15 is 0 Å². The fraction of sp³-hybridized carbons (Fsp3) is 0.200. The third kappa shape index (κ3) is 3.17. The van der Waals surface area contributed by atoms with Gasteiger partial charge in [0.05, 0.1) is 9.82 Å². The molecule has 0 spiro atoms. The Hall–Kier alpha value is -2.45. The predicted octanol–water partition coefficient (Wildman–Crippen LogP) is 1.80. The quantitative estimate of drug-likeness (QED) is 0.678. The van der Waals surface area contributed by atoms with Gasteiger partial charge in [0.2, 0.25) is 10.0 Å². The highest BCUT2D eigenvalue weighted by Crippen LogP contribution is 2.31. The van der Waals surface area contributed by atoms with Crippen LogP contribution in [0.25, 0.3) is 0 Å². The summed E-state index contributed by atoms with van der Waals surface area (Å²) in [6.45, 7) is 1.26. The van der Waals surface area contributed by atoms with Crippen LogP contribution in [-0.2, 0) is 23.0 Å². The molecule has 8 heteroatoms. The zero-order valence-corrected chi connectivity index (χ0v) is 13.0.